The molecule has 0 spiro atoms. The molecule has 0 saturated heterocycles. The summed E-state index contributed by atoms with van der Waals surface area (Å²) in [5, 5.41) is 8.79. The summed E-state index contributed by atoms with van der Waals surface area (Å²) in [6.45, 7) is 6.04. The van der Waals surface area contributed by atoms with E-state index in [1.54, 1.807) is 11.8 Å². The summed E-state index contributed by atoms with van der Waals surface area (Å²) in [5.41, 5.74) is 2.42. The third-order valence-electron chi connectivity index (χ3n) is 2.13. The van der Waals surface area contributed by atoms with Crippen molar-refractivity contribution in [1.82, 2.24) is 0 Å². The lowest BCUT2D eigenvalue weighted by atomic mass is 10.2. The van der Waals surface area contributed by atoms with Crippen molar-refractivity contribution in [3.05, 3.63) is 29.3 Å². The molecular weight excluding hydrogens is 208 g/mol. The molecule has 0 bridgehead atoms. The Kier molecular flexibility index (Phi) is 4.21. The van der Waals surface area contributed by atoms with Gasteiger partial charge in [-0.25, -0.2) is 0 Å². The Balaban J connectivity index is 2.71. The van der Waals surface area contributed by atoms with Gasteiger partial charge in [-0.15, -0.1) is 11.8 Å². The normalized spacial score (nSPS) is 12.5. The zero-order valence-corrected chi connectivity index (χ0v) is 10.1. The van der Waals surface area contributed by atoms with E-state index in [0.717, 1.165) is 0 Å². The average Bonchev–Trinajstić information content (AvgIpc) is 2.10. The molecule has 0 heterocycles. The molecule has 1 aromatic rings. The summed E-state index contributed by atoms with van der Waals surface area (Å²) in [6.07, 6.45) is 0.206. The Bertz CT molecular complexity index is 361. The van der Waals surface area contributed by atoms with Crippen LogP contribution in [0.1, 0.15) is 24.5 Å². The zero-order valence-electron chi connectivity index (χ0n) is 9.28. The van der Waals surface area contributed by atoms with Crippen LogP contribution >= 0.6 is 11.8 Å². The lowest BCUT2D eigenvalue weighted by Crippen LogP contribution is -2.05. The van der Waals surface area contributed by atoms with Gasteiger partial charge in [-0.2, -0.15) is 0 Å². The first-order valence-electron chi connectivity index (χ1n) is 4.94. The molecule has 0 amide bonds. The van der Waals surface area contributed by atoms with Gasteiger partial charge in [-0.05, 0) is 25.5 Å². The third kappa shape index (κ3) is 3.96. The van der Waals surface area contributed by atoms with Crippen LogP contribution < -0.4 is 0 Å². The van der Waals surface area contributed by atoms with Crippen molar-refractivity contribution < 1.29 is 9.90 Å². The molecule has 2 nitrogen and oxygen atoms in total. The van der Waals surface area contributed by atoms with Gasteiger partial charge in [-0.3, -0.25) is 4.79 Å². The second-order valence-corrected chi connectivity index (χ2v) is 5.28. The van der Waals surface area contributed by atoms with Crippen molar-refractivity contribution in [2.75, 3.05) is 0 Å². The number of carbonyl (C=O) groups is 1. The van der Waals surface area contributed by atoms with Crippen LogP contribution in [0.3, 0.4) is 0 Å². The fourth-order valence-electron chi connectivity index (χ4n) is 1.34. The molecule has 15 heavy (non-hydrogen) atoms. The van der Waals surface area contributed by atoms with E-state index >= 15 is 0 Å². The molecule has 0 aromatic heterocycles. The van der Waals surface area contributed by atoms with Crippen molar-refractivity contribution in [3.8, 4) is 0 Å². The van der Waals surface area contributed by atoms with Crippen LogP contribution in [0.15, 0.2) is 23.1 Å². The minimum absolute atomic E-state index is 0.114. The second kappa shape index (κ2) is 5.21. The summed E-state index contributed by atoms with van der Waals surface area (Å²) in [5.74, 6) is -0.736. The molecular formula is C12H16O2S. The number of aryl methyl sites for hydroxylation is 2. The van der Waals surface area contributed by atoms with Gasteiger partial charge in [-0.1, -0.05) is 24.6 Å². The Labute approximate surface area is 94.7 Å². The number of aliphatic carboxylic acids is 1. The highest BCUT2D eigenvalue weighted by Gasteiger charge is 2.10. The predicted octanol–water partition coefficient (Wildman–Crippen LogP) is 3.26. The van der Waals surface area contributed by atoms with Crippen molar-refractivity contribution in [2.45, 2.75) is 37.3 Å². The number of carboxylic acids is 1. The van der Waals surface area contributed by atoms with Gasteiger partial charge in [0.1, 0.15) is 0 Å². The van der Waals surface area contributed by atoms with Gasteiger partial charge in [0.15, 0.2) is 0 Å². The van der Waals surface area contributed by atoms with E-state index in [4.69, 9.17) is 5.11 Å². The number of carboxylic acid groups (broad SMARTS) is 1. The van der Waals surface area contributed by atoms with E-state index in [2.05, 4.69) is 25.1 Å². The fraction of sp³-hybridized carbons (Fsp3) is 0.417. The Morgan fingerprint density at radius 1 is 1.47 bits per heavy atom. The summed E-state index contributed by atoms with van der Waals surface area (Å²) in [7, 11) is 0. The summed E-state index contributed by atoms with van der Waals surface area (Å²) >= 11 is 1.63. The number of thioether (sulfide) groups is 1. The molecule has 1 rings (SSSR count). The topological polar surface area (TPSA) is 37.3 Å². The van der Waals surface area contributed by atoms with E-state index in [1.165, 1.54) is 16.0 Å². The van der Waals surface area contributed by atoms with Crippen LogP contribution in [0.2, 0.25) is 0 Å². The van der Waals surface area contributed by atoms with E-state index < -0.39 is 5.97 Å². The monoisotopic (exact) mass is 224 g/mol. The molecule has 1 unspecified atom stereocenters. The molecule has 0 aliphatic carbocycles. The first-order chi connectivity index (χ1) is 6.99. The molecule has 1 aromatic carbocycles. The van der Waals surface area contributed by atoms with E-state index in [9.17, 15) is 4.79 Å². The van der Waals surface area contributed by atoms with E-state index in [0.29, 0.717) is 0 Å². The second-order valence-electron chi connectivity index (χ2n) is 3.80. The number of rotatable bonds is 4. The van der Waals surface area contributed by atoms with Crippen molar-refractivity contribution in [2.24, 2.45) is 0 Å². The first kappa shape index (κ1) is 12.1. The van der Waals surface area contributed by atoms with Crippen LogP contribution in [0.5, 0.6) is 0 Å². The van der Waals surface area contributed by atoms with E-state index in [1.807, 2.05) is 13.8 Å². The maximum Gasteiger partial charge on any atom is 0.304 e. The van der Waals surface area contributed by atoms with Gasteiger partial charge in [0.25, 0.3) is 0 Å². The van der Waals surface area contributed by atoms with Gasteiger partial charge >= 0.3 is 5.97 Å². The quantitative estimate of drug-likeness (QED) is 0.798. The highest BCUT2D eigenvalue weighted by atomic mass is 32.2. The minimum atomic E-state index is -0.736. The van der Waals surface area contributed by atoms with Gasteiger partial charge < -0.3 is 5.11 Å². The fourth-order valence-corrected chi connectivity index (χ4v) is 2.51. The highest BCUT2D eigenvalue weighted by Crippen LogP contribution is 2.28. The van der Waals surface area contributed by atoms with Gasteiger partial charge in [0, 0.05) is 10.1 Å². The average molecular weight is 224 g/mol. The van der Waals surface area contributed by atoms with Gasteiger partial charge in [0.2, 0.25) is 0 Å². The summed E-state index contributed by atoms with van der Waals surface area (Å²) in [6, 6.07) is 6.25. The molecule has 1 atom stereocenters. The van der Waals surface area contributed by atoms with Crippen LogP contribution in [-0.4, -0.2) is 16.3 Å². The van der Waals surface area contributed by atoms with E-state index in [-0.39, 0.29) is 11.7 Å². The maximum absolute atomic E-state index is 10.5. The minimum Gasteiger partial charge on any atom is -0.481 e. The van der Waals surface area contributed by atoms with Crippen molar-refractivity contribution in [1.29, 1.82) is 0 Å². The number of hydrogen-bond donors (Lipinski definition) is 1. The Morgan fingerprint density at radius 3 is 2.73 bits per heavy atom. The molecule has 0 saturated carbocycles. The highest BCUT2D eigenvalue weighted by molar-refractivity contribution is 8.00. The van der Waals surface area contributed by atoms with Crippen LogP contribution in [0.4, 0.5) is 0 Å². The summed E-state index contributed by atoms with van der Waals surface area (Å²) in [4.78, 5) is 11.7. The standard InChI is InChI=1S/C12H16O2S/c1-8-4-5-9(2)11(6-8)15-10(3)7-12(13)14/h4-6,10H,7H2,1-3H3,(H,13,14). The molecule has 3 heteroatoms. The maximum atomic E-state index is 10.5. The summed E-state index contributed by atoms with van der Waals surface area (Å²) < 4.78 is 0. The van der Waals surface area contributed by atoms with Crippen LogP contribution in [0, 0.1) is 13.8 Å². The number of hydrogen-bond acceptors (Lipinski definition) is 2. The Hall–Kier alpha value is -0.960. The predicted molar refractivity (Wildman–Crippen MR) is 63.5 cm³/mol. The lowest BCUT2D eigenvalue weighted by Gasteiger charge is -2.11. The van der Waals surface area contributed by atoms with Crippen molar-refractivity contribution in [3.63, 3.8) is 0 Å². The molecule has 0 aliphatic heterocycles. The SMILES string of the molecule is Cc1ccc(C)c(SC(C)CC(=O)O)c1. The first-order valence-corrected chi connectivity index (χ1v) is 5.82. The molecule has 1 N–H and O–H groups in total. The molecule has 0 radical (unpaired) electrons. The largest absolute Gasteiger partial charge is 0.481 e. The smallest absolute Gasteiger partial charge is 0.304 e. The Morgan fingerprint density at radius 2 is 2.13 bits per heavy atom. The third-order valence-corrected chi connectivity index (χ3v) is 3.40. The zero-order chi connectivity index (χ0) is 11.4. The molecule has 0 fully saturated rings. The molecule has 0 aliphatic rings. The van der Waals surface area contributed by atoms with Crippen LogP contribution in [0.25, 0.3) is 0 Å². The van der Waals surface area contributed by atoms with Gasteiger partial charge in [0.05, 0.1) is 6.42 Å². The van der Waals surface area contributed by atoms with Crippen LogP contribution in [-0.2, 0) is 4.79 Å². The number of benzene rings is 1. The lowest BCUT2D eigenvalue weighted by molar-refractivity contribution is -0.136. The molecule has 82 valence electrons. The van der Waals surface area contributed by atoms with Crippen molar-refractivity contribution >= 4 is 17.7 Å².